The van der Waals surface area contributed by atoms with E-state index in [4.69, 9.17) is 8.83 Å². The Morgan fingerprint density at radius 2 is 0.727 bits per heavy atom. The van der Waals surface area contributed by atoms with E-state index in [0.29, 0.717) is 0 Å². The van der Waals surface area contributed by atoms with Crippen LogP contribution < -0.4 is 26.2 Å². The Morgan fingerprint density at radius 3 is 1.22 bits per heavy atom. The van der Waals surface area contributed by atoms with Crippen molar-refractivity contribution >= 4 is 123 Å². The monoisotopic (exact) mass is 700 g/mol. The van der Waals surface area contributed by atoms with Gasteiger partial charge in [-0.25, -0.2) is 0 Å². The molecule has 11 aromatic rings. The molecular formula is C50H29BN2O2. The number of rotatable bonds is 2. The molecule has 0 fully saturated rings. The van der Waals surface area contributed by atoms with Crippen molar-refractivity contribution in [3.8, 4) is 0 Å². The summed E-state index contributed by atoms with van der Waals surface area (Å²) in [6.45, 7) is 0.0702. The maximum atomic E-state index is 6.45. The quantitative estimate of drug-likeness (QED) is 0.168. The number of benzene rings is 9. The van der Waals surface area contributed by atoms with Crippen LogP contribution in [0.25, 0.3) is 65.4 Å². The van der Waals surface area contributed by atoms with Gasteiger partial charge >= 0.3 is 0 Å². The Labute approximate surface area is 316 Å². The Bertz CT molecular complexity index is 3210. The van der Waals surface area contributed by atoms with Crippen molar-refractivity contribution in [3.63, 3.8) is 0 Å². The maximum Gasteiger partial charge on any atom is 0.252 e. The molecule has 9 aromatic carbocycles. The Balaban J connectivity index is 1.04. The molecule has 2 aliphatic heterocycles. The molecule has 0 amide bonds. The zero-order chi connectivity index (χ0) is 35.8. The van der Waals surface area contributed by atoms with Gasteiger partial charge in [0.2, 0.25) is 0 Å². The Hall–Kier alpha value is -7.24. The van der Waals surface area contributed by atoms with Crippen molar-refractivity contribution in [2.24, 2.45) is 0 Å². The third-order valence-corrected chi connectivity index (χ3v) is 12.0. The number of hydrogen-bond donors (Lipinski definition) is 0. The molecule has 4 nitrogen and oxygen atoms in total. The van der Waals surface area contributed by atoms with Crippen LogP contribution in [0.4, 0.5) is 34.1 Å². The van der Waals surface area contributed by atoms with E-state index in [2.05, 4.69) is 186 Å². The topological polar surface area (TPSA) is 32.8 Å². The second kappa shape index (κ2) is 10.7. The molecule has 0 bridgehead atoms. The first kappa shape index (κ1) is 29.2. The zero-order valence-corrected chi connectivity index (χ0v) is 29.5. The van der Waals surface area contributed by atoms with E-state index in [1.54, 1.807) is 0 Å². The highest BCUT2D eigenvalue weighted by Crippen LogP contribution is 2.46. The molecule has 0 saturated carbocycles. The summed E-state index contributed by atoms with van der Waals surface area (Å²) in [5, 5.41) is 9.26. The largest absolute Gasteiger partial charge is 0.456 e. The van der Waals surface area contributed by atoms with Crippen LogP contribution in [0.5, 0.6) is 0 Å². The molecule has 0 N–H and O–H groups in total. The van der Waals surface area contributed by atoms with Gasteiger partial charge in [0.1, 0.15) is 22.3 Å². The predicted octanol–water partition coefficient (Wildman–Crippen LogP) is 11.9. The van der Waals surface area contributed by atoms with Crippen molar-refractivity contribution in [3.05, 3.63) is 176 Å². The molecule has 2 aliphatic rings. The molecule has 55 heavy (non-hydrogen) atoms. The highest BCUT2D eigenvalue weighted by atomic mass is 16.3. The van der Waals surface area contributed by atoms with Gasteiger partial charge in [0.15, 0.2) is 0 Å². The van der Waals surface area contributed by atoms with Crippen LogP contribution in [0, 0.1) is 0 Å². The molecule has 4 heterocycles. The van der Waals surface area contributed by atoms with E-state index in [1.165, 1.54) is 60.7 Å². The molecule has 0 saturated heterocycles. The second-order valence-electron chi connectivity index (χ2n) is 14.9. The molecule has 5 heteroatoms. The fraction of sp³-hybridized carbons (Fsp3) is 0. The van der Waals surface area contributed by atoms with Crippen LogP contribution in [-0.4, -0.2) is 6.71 Å². The average Bonchev–Trinajstić information content (AvgIpc) is 3.78. The van der Waals surface area contributed by atoms with Gasteiger partial charge in [-0.1, -0.05) is 91.0 Å². The van der Waals surface area contributed by atoms with Gasteiger partial charge in [0, 0.05) is 55.7 Å². The van der Waals surface area contributed by atoms with E-state index < -0.39 is 0 Å². The lowest BCUT2D eigenvalue weighted by Gasteiger charge is -2.44. The number of para-hydroxylation sites is 2. The lowest BCUT2D eigenvalue weighted by atomic mass is 9.33. The SMILES string of the molecule is c1ccc2c(c1)B1c3ccccc3N(c3ccc4oc5cc6ccccc6cc5c4c3)c3cccc(c31)N2c1ccc2oc3cc4ccccc4cc3c2c1. The van der Waals surface area contributed by atoms with Crippen LogP contribution in [0.15, 0.2) is 185 Å². The molecule has 2 aromatic heterocycles. The first-order valence-corrected chi connectivity index (χ1v) is 18.9. The van der Waals surface area contributed by atoms with Crippen molar-refractivity contribution in [1.82, 2.24) is 0 Å². The van der Waals surface area contributed by atoms with Crippen LogP contribution in [0.1, 0.15) is 0 Å². The summed E-state index contributed by atoms with van der Waals surface area (Å²) in [7, 11) is 0. The van der Waals surface area contributed by atoms with Crippen molar-refractivity contribution in [2.45, 2.75) is 0 Å². The summed E-state index contributed by atoms with van der Waals surface area (Å²) in [6, 6.07) is 63.8. The summed E-state index contributed by atoms with van der Waals surface area (Å²) >= 11 is 0. The van der Waals surface area contributed by atoms with Gasteiger partial charge in [-0.05, 0) is 123 Å². The van der Waals surface area contributed by atoms with Crippen LogP contribution in [-0.2, 0) is 0 Å². The number of nitrogens with zero attached hydrogens (tertiary/aromatic N) is 2. The first-order valence-electron chi connectivity index (χ1n) is 18.9. The number of anilines is 6. The van der Waals surface area contributed by atoms with Gasteiger partial charge < -0.3 is 18.6 Å². The van der Waals surface area contributed by atoms with Gasteiger partial charge in [-0.3, -0.25) is 0 Å². The average molecular weight is 701 g/mol. The maximum absolute atomic E-state index is 6.45. The molecule has 0 radical (unpaired) electrons. The van der Waals surface area contributed by atoms with E-state index in [1.807, 2.05) is 0 Å². The molecule has 254 valence electrons. The number of furan rings is 2. The minimum Gasteiger partial charge on any atom is -0.456 e. The Kier molecular flexibility index (Phi) is 5.68. The fourth-order valence-electron chi connectivity index (χ4n) is 9.57. The summed E-state index contributed by atoms with van der Waals surface area (Å²) in [4.78, 5) is 4.90. The van der Waals surface area contributed by atoms with E-state index >= 15 is 0 Å². The third-order valence-electron chi connectivity index (χ3n) is 12.0. The third kappa shape index (κ3) is 4.02. The lowest BCUT2D eigenvalue weighted by Crippen LogP contribution is -2.61. The van der Waals surface area contributed by atoms with Gasteiger partial charge in [0.25, 0.3) is 6.71 Å². The molecule has 0 spiro atoms. The summed E-state index contributed by atoms with van der Waals surface area (Å²) < 4.78 is 12.9. The highest BCUT2D eigenvalue weighted by Gasteiger charge is 2.42. The van der Waals surface area contributed by atoms with Crippen molar-refractivity contribution in [1.29, 1.82) is 0 Å². The first-order chi connectivity index (χ1) is 27.2. The number of hydrogen-bond acceptors (Lipinski definition) is 4. The van der Waals surface area contributed by atoms with Gasteiger partial charge in [-0.15, -0.1) is 0 Å². The lowest BCUT2D eigenvalue weighted by molar-refractivity contribution is 0.669. The van der Waals surface area contributed by atoms with Gasteiger partial charge in [-0.2, -0.15) is 0 Å². The van der Waals surface area contributed by atoms with E-state index in [9.17, 15) is 0 Å². The molecular weight excluding hydrogens is 671 g/mol. The standard InChI is InChI=1S/C50H29BN2O2/c1-3-12-32-26-48-36(24-30(32)10-1)38-28-34(20-22-46(38)54-48)52-42-16-7-5-14-40(42)51-41-15-6-8-17-43(41)53(45-19-9-18-44(52)50(45)51)35-21-23-47-39(29-35)37-25-31-11-2-4-13-33(31)27-49(37)55-47/h1-29H. The predicted molar refractivity (Wildman–Crippen MR) is 230 cm³/mol. The number of fused-ring (bicyclic) bond motifs is 12. The molecule has 13 rings (SSSR count). The Morgan fingerprint density at radius 1 is 0.327 bits per heavy atom. The van der Waals surface area contributed by atoms with E-state index in [-0.39, 0.29) is 6.71 Å². The minimum atomic E-state index is 0.0702. The summed E-state index contributed by atoms with van der Waals surface area (Å²) in [5.74, 6) is 0. The molecule has 0 atom stereocenters. The smallest absolute Gasteiger partial charge is 0.252 e. The van der Waals surface area contributed by atoms with Gasteiger partial charge in [0.05, 0.1) is 0 Å². The fourth-order valence-corrected chi connectivity index (χ4v) is 9.57. The second-order valence-corrected chi connectivity index (χ2v) is 14.9. The van der Waals surface area contributed by atoms with Crippen molar-refractivity contribution < 1.29 is 8.83 Å². The molecule has 0 aliphatic carbocycles. The minimum absolute atomic E-state index is 0.0702. The molecule has 0 unspecified atom stereocenters. The van der Waals surface area contributed by atoms with Crippen molar-refractivity contribution in [2.75, 3.05) is 9.80 Å². The zero-order valence-electron chi connectivity index (χ0n) is 29.5. The van der Waals surface area contributed by atoms with Crippen LogP contribution >= 0.6 is 0 Å². The van der Waals surface area contributed by atoms with Crippen LogP contribution in [0.3, 0.4) is 0 Å². The normalized spacial score (nSPS) is 13.3. The van der Waals surface area contributed by atoms with Crippen LogP contribution in [0.2, 0.25) is 0 Å². The summed E-state index contributed by atoms with van der Waals surface area (Å²) in [5.41, 5.74) is 14.4. The summed E-state index contributed by atoms with van der Waals surface area (Å²) in [6.07, 6.45) is 0. The van der Waals surface area contributed by atoms with E-state index in [0.717, 1.165) is 55.3 Å². The highest BCUT2D eigenvalue weighted by molar-refractivity contribution is 7.00.